The minimum absolute atomic E-state index is 0.181. The second-order valence-electron chi connectivity index (χ2n) is 5.83. The van der Waals surface area contributed by atoms with Gasteiger partial charge in [0, 0.05) is 11.1 Å². The summed E-state index contributed by atoms with van der Waals surface area (Å²) < 4.78 is 0. The van der Waals surface area contributed by atoms with Gasteiger partial charge in [-0.3, -0.25) is 9.69 Å². The van der Waals surface area contributed by atoms with Crippen molar-refractivity contribution in [2.24, 2.45) is 5.92 Å². The second kappa shape index (κ2) is 7.81. The zero-order valence-corrected chi connectivity index (χ0v) is 13.4. The van der Waals surface area contributed by atoms with E-state index in [2.05, 4.69) is 17.9 Å². The fourth-order valence-electron chi connectivity index (χ4n) is 3.14. The van der Waals surface area contributed by atoms with Gasteiger partial charge < -0.3 is 5.11 Å². The molecule has 0 aliphatic carbocycles. The van der Waals surface area contributed by atoms with Gasteiger partial charge in [0.05, 0.1) is 5.92 Å². The summed E-state index contributed by atoms with van der Waals surface area (Å²) in [5.41, 5.74) is 1.18. The SMILES string of the molecule is CCCCC(c1ccccc1Cl)N1CCC(C(=O)O)CC1. The maximum Gasteiger partial charge on any atom is 0.306 e. The molecule has 0 radical (unpaired) electrons. The van der Waals surface area contributed by atoms with Crippen LogP contribution in [0.25, 0.3) is 0 Å². The van der Waals surface area contributed by atoms with Crippen molar-refractivity contribution in [1.29, 1.82) is 0 Å². The van der Waals surface area contributed by atoms with E-state index in [0.717, 1.165) is 50.2 Å². The van der Waals surface area contributed by atoms with Crippen molar-refractivity contribution in [3.8, 4) is 0 Å². The van der Waals surface area contributed by atoms with Crippen molar-refractivity contribution in [1.82, 2.24) is 4.90 Å². The summed E-state index contributed by atoms with van der Waals surface area (Å²) in [7, 11) is 0. The van der Waals surface area contributed by atoms with Crippen molar-refractivity contribution in [3.05, 3.63) is 34.9 Å². The number of aliphatic carboxylic acids is 1. The van der Waals surface area contributed by atoms with Crippen molar-refractivity contribution >= 4 is 17.6 Å². The number of halogens is 1. The number of likely N-dealkylation sites (tertiary alicyclic amines) is 1. The molecule has 1 heterocycles. The third-order valence-corrected chi connectivity index (χ3v) is 4.76. The van der Waals surface area contributed by atoms with E-state index in [4.69, 9.17) is 16.7 Å². The van der Waals surface area contributed by atoms with E-state index in [1.165, 1.54) is 5.56 Å². The molecule has 0 saturated carbocycles. The number of benzene rings is 1. The van der Waals surface area contributed by atoms with Crippen LogP contribution in [0.2, 0.25) is 5.02 Å². The Hall–Kier alpha value is -1.06. The fourth-order valence-corrected chi connectivity index (χ4v) is 3.40. The molecule has 1 aromatic rings. The van der Waals surface area contributed by atoms with E-state index < -0.39 is 5.97 Å². The molecule has 1 N–H and O–H groups in total. The van der Waals surface area contributed by atoms with Gasteiger partial charge >= 0.3 is 5.97 Å². The van der Waals surface area contributed by atoms with Crippen molar-refractivity contribution in [3.63, 3.8) is 0 Å². The molecule has 4 heteroatoms. The quantitative estimate of drug-likeness (QED) is 0.848. The van der Waals surface area contributed by atoms with E-state index in [1.54, 1.807) is 0 Å². The van der Waals surface area contributed by atoms with E-state index in [1.807, 2.05) is 18.2 Å². The van der Waals surface area contributed by atoms with Gasteiger partial charge in [0.15, 0.2) is 0 Å². The number of nitrogens with zero attached hydrogens (tertiary/aromatic N) is 1. The van der Waals surface area contributed by atoms with Crippen molar-refractivity contribution in [2.75, 3.05) is 13.1 Å². The number of rotatable bonds is 6. The van der Waals surface area contributed by atoms with Gasteiger partial charge in [0.1, 0.15) is 0 Å². The van der Waals surface area contributed by atoms with E-state index in [0.29, 0.717) is 6.04 Å². The third-order valence-electron chi connectivity index (χ3n) is 4.41. The molecule has 0 aromatic heterocycles. The summed E-state index contributed by atoms with van der Waals surface area (Å²) in [6.07, 6.45) is 4.88. The van der Waals surface area contributed by atoms with Crippen molar-refractivity contribution in [2.45, 2.75) is 45.1 Å². The fraction of sp³-hybridized carbons (Fsp3) is 0.588. The van der Waals surface area contributed by atoms with Crippen LogP contribution >= 0.6 is 11.6 Å². The van der Waals surface area contributed by atoms with Gasteiger partial charge in [-0.2, -0.15) is 0 Å². The number of carbonyl (C=O) groups is 1. The van der Waals surface area contributed by atoms with Gasteiger partial charge in [0.25, 0.3) is 0 Å². The first kappa shape index (κ1) is 16.3. The van der Waals surface area contributed by atoms with E-state index >= 15 is 0 Å². The Morgan fingerprint density at radius 3 is 2.62 bits per heavy atom. The maximum absolute atomic E-state index is 11.1. The van der Waals surface area contributed by atoms with Gasteiger partial charge in [-0.05, 0) is 44.0 Å². The number of carboxylic acid groups (broad SMARTS) is 1. The van der Waals surface area contributed by atoms with Crippen LogP contribution in [-0.2, 0) is 4.79 Å². The molecule has 0 amide bonds. The molecule has 2 rings (SSSR count). The van der Waals surface area contributed by atoms with Crippen LogP contribution in [0.15, 0.2) is 24.3 Å². The minimum atomic E-state index is -0.655. The smallest absolute Gasteiger partial charge is 0.306 e. The second-order valence-corrected chi connectivity index (χ2v) is 6.24. The van der Waals surface area contributed by atoms with Crippen LogP contribution < -0.4 is 0 Å². The highest BCUT2D eigenvalue weighted by Crippen LogP contribution is 2.34. The molecule has 1 saturated heterocycles. The highest BCUT2D eigenvalue weighted by atomic mass is 35.5. The summed E-state index contributed by atoms with van der Waals surface area (Å²) in [5.74, 6) is -0.836. The molecule has 1 aliphatic heterocycles. The molecule has 1 unspecified atom stereocenters. The lowest BCUT2D eigenvalue weighted by molar-refractivity contribution is -0.143. The minimum Gasteiger partial charge on any atom is -0.481 e. The lowest BCUT2D eigenvalue weighted by atomic mass is 9.92. The lowest BCUT2D eigenvalue weighted by Crippen LogP contribution is -2.38. The first-order valence-corrected chi connectivity index (χ1v) is 8.22. The van der Waals surface area contributed by atoms with Crippen LogP contribution in [0.5, 0.6) is 0 Å². The Kier molecular flexibility index (Phi) is 6.07. The molecule has 21 heavy (non-hydrogen) atoms. The highest BCUT2D eigenvalue weighted by Gasteiger charge is 2.29. The monoisotopic (exact) mass is 309 g/mol. The first-order valence-electron chi connectivity index (χ1n) is 7.84. The first-order chi connectivity index (χ1) is 10.1. The largest absolute Gasteiger partial charge is 0.481 e. The average molecular weight is 310 g/mol. The number of hydrogen-bond donors (Lipinski definition) is 1. The predicted molar refractivity (Wildman–Crippen MR) is 85.7 cm³/mol. The Balaban J connectivity index is 2.10. The summed E-state index contributed by atoms with van der Waals surface area (Å²) >= 11 is 6.38. The van der Waals surface area contributed by atoms with Gasteiger partial charge in [-0.15, -0.1) is 0 Å². The lowest BCUT2D eigenvalue weighted by Gasteiger charge is -2.37. The predicted octanol–water partition coefficient (Wildman–Crippen LogP) is 4.37. The van der Waals surface area contributed by atoms with Crippen LogP contribution in [0.4, 0.5) is 0 Å². The molecular weight excluding hydrogens is 286 g/mol. The van der Waals surface area contributed by atoms with Gasteiger partial charge in [0.2, 0.25) is 0 Å². The Labute approximate surface area is 131 Å². The van der Waals surface area contributed by atoms with E-state index in [-0.39, 0.29) is 5.92 Å². The highest BCUT2D eigenvalue weighted by molar-refractivity contribution is 6.31. The summed E-state index contributed by atoms with van der Waals surface area (Å²) in [6.45, 7) is 3.88. The van der Waals surface area contributed by atoms with Crippen LogP contribution in [0, 0.1) is 5.92 Å². The number of hydrogen-bond acceptors (Lipinski definition) is 2. The summed E-state index contributed by atoms with van der Waals surface area (Å²) in [6, 6.07) is 8.35. The Morgan fingerprint density at radius 2 is 2.05 bits per heavy atom. The molecule has 116 valence electrons. The van der Waals surface area contributed by atoms with Crippen LogP contribution in [0.1, 0.15) is 50.6 Å². The standard InChI is InChI=1S/C17H24ClNO2/c1-2-3-8-16(14-6-4-5-7-15(14)18)19-11-9-13(10-12-19)17(20)21/h4-7,13,16H,2-3,8-12H2,1H3,(H,20,21). The molecule has 1 fully saturated rings. The molecule has 1 aliphatic rings. The summed E-state index contributed by atoms with van der Waals surface area (Å²) in [5, 5.41) is 9.94. The molecule has 0 spiro atoms. The number of unbranched alkanes of at least 4 members (excludes halogenated alkanes) is 1. The van der Waals surface area contributed by atoms with Crippen LogP contribution in [-0.4, -0.2) is 29.1 Å². The Morgan fingerprint density at radius 1 is 1.38 bits per heavy atom. The molecule has 0 bridgehead atoms. The van der Waals surface area contributed by atoms with Crippen molar-refractivity contribution < 1.29 is 9.90 Å². The summed E-state index contributed by atoms with van der Waals surface area (Å²) in [4.78, 5) is 13.5. The topological polar surface area (TPSA) is 40.5 Å². The van der Waals surface area contributed by atoms with Gasteiger partial charge in [-0.1, -0.05) is 49.6 Å². The van der Waals surface area contributed by atoms with Crippen LogP contribution in [0.3, 0.4) is 0 Å². The molecule has 1 aromatic carbocycles. The van der Waals surface area contributed by atoms with Gasteiger partial charge in [-0.25, -0.2) is 0 Å². The molecular formula is C17H24ClNO2. The molecule has 3 nitrogen and oxygen atoms in total. The normalized spacial score (nSPS) is 18.6. The average Bonchev–Trinajstić information content (AvgIpc) is 2.50. The molecule has 1 atom stereocenters. The number of piperidine rings is 1. The zero-order chi connectivity index (χ0) is 15.2. The maximum atomic E-state index is 11.1. The van der Waals surface area contributed by atoms with E-state index in [9.17, 15) is 4.79 Å². The Bertz CT molecular complexity index is 470. The zero-order valence-electron chi connectivity index (χ0n) is 12.6. The third kappa shape index (κ3) is 4.21. The number of carboxylic acids is 1.